The molecule has 0 aliphatic heterocycles. The average Bonchev–Trinajstić information content (AvgIpc) is 2.73. The Morgan fingerprint density at radius 3 is 2.37 bits per heavy atom. The van der Waals surface area contributed by atoms with E-state index in [1.54, 1.807) is 24.3 Å². The van der Waals surface area contributed by atoms with E-state index in [0.29, 0.717) is 12.4 Å². The van der Waals surface area contributed by atoms with Crippen molar-refractivity contribution in [2.45, 2.75) is 20.5 Å². The molecule has 1 amide bonds. The van der Waals surface area contributed by atoms with Gasteiger partial charge in [-0.25, -0.2) is 4.79 Å². The molecule has 0 bridgehead atoms. The van der Waals surface area contributed by atoms with Gasteiger partial charge in [-0.05, 0) is 54.8 Å². The van der Waals surface area contributed by atoms with Gasteiger partial charge in [0.25, 0.3) is 5.91 Å². The van der Waals surface area contributed by atoms with Crippen molar-refractivity contribution < 1.29 is 19.1 Å². The molecule has 0 aliphatic carbocycles. The SMILES string of the molecule is Cc1cccc(C)c1NC(=O)COC(=O)c1ccccc1OCc1cccc(Br)c1. The van der Waals surface area contributed by atoms with Crippen LogP contribution >= 0.6 is 15.9 Å². The van der Waals surface area contributed by atoms with Crippen molar-refractivity contribution in [1.29, 1.82) is 0 Å². The van der Waals surface area contributed by atoms with Crippen LogP contribution in [-0.4, -0.2) is 18.5 Å². The fourth-order valence-corrected chi connectivity index (χ4v) is 3.39. The van der Waals surface area contributed by atoms with Crippen LogP contribution in [0.4, 0.5) is 5.69 Å². The zero-order chi connectivity index (χ0) is 21.5. The zero-order valence-corrected chi connectivity index (χ0v) is 18.4. The molecule has 0 fully saturated rings. The lowest BCUT2D eigenvalue weighted by Gasteiger charge is -2.13. The molecule has 0 saturated carbocycles. The Morgan fingerprint density at radius 1 is 0.933 bits per heavy atom. The van der Waals surface area contributed by atoms with Gasteiger partial charge >= 0.3 is 5.97 Å². The van der Waals surface area contributed by atoms with E-state index in [9.17, 15) is 9.59 Å². The predicted octanol–water partition coefficient (Wildman–Crippen LogP) is 5.44. The monoisotopic (exact) mass is 467 g/mol. The number of amides is 1. The minimum atomic E-state index is -0.614. The Labute approximate surface area is 184 Å². The number of hydrogen-bond acceptors (Lipinski definition) is 4. The minimum Gasteiger partial charge on any atom is -0.488 e. The number of para-hydroxylation sites is 2. The topological polar surface area (TPSA) is 64.6 Å². The predicted molar refractivity (Wildman–Crippen MR) is 120 cm³/mol. The van der Waals surface area contributed by atoms with Crippen LogP contribution in [0.25, 0.3) is 0 Å². The first kappa shape index (κ1) is 21.6. The summed E-state index contributed by atoms with van der Waals surface area (Å²) in [5.41, 5.74) is 3.85. The number of halogens is 1. The van der Waals surface area contributed by atoms with Gasteiger partial charge in [0.05, 0.1) is 0 Å². The van der Waals surface area contributed by atoms with Crippen LogP contribution in [-0.2, 0) is 16.1 Å². The van der Waals surface area contributed by atoms with Crippen LogP contribution < -0.4 is 10.1 Å². The molecule has 0 atom stereocenters. The smallest absolute Gasteiger partial charge is 0.342 e. The molecule has 0 heterocycles. The molecule has 30 heavy (non-hydrogen) atoms. The number of aryl methyl sites for hydroxylation is 2. The fourth-order valence-electron chi connectivity index (χ4n) is 2.94. The quantitative estimate of drug-likeness (QED) is 0.469. The van der Waals surface area contributed by atoms with Gasteiger partial charge in [0.15, 0.2) is 6.61 Å². The number of anilines is 1. The Bertz CT molecular complexity index is 1040. The molecule has 3 aromatic rings. The Morgan fingerprint density at radius 2 is 1.63 bits per heavy atom. The van der Waals surface area contributed by atoms with Gasteiger partial charge in [0, 0.05) is 10.2 Å². The van der Waals surface area contributed by atoms with Crippen LogP contribution in [0.3, 0.4) is 0 Å². The highest BCUT2D eigenvalue weighted by Crippen LogP contribution is 2.22. The van der Waals surface area contributed by atoms with E-state index in [-0.39, 0.29) is 12.2 Å². The number of rotatable bonds is 7. The van der Waals surface area contributed by atoms with Crippen molar-refractivity contribution in [3.63, 3.8) is 0 Å². The maximum atomic E-state index is 12.5. The van der Waals surface area contributed by atoms with Gasteiger partial charge in [-0.3, -0.25) is 4.79 Å². The first-order valence-corrected chi connectivity index (χ1v) is 10.2. The third kappa shape index (κ3) is 5.70. The molecule has 0 saturated heterocycles. The second-order valence-corrected chi connectivity index (χ2v) is 7.72. The van der Waals surface area contributed by atoms with Crippen LogP contribution in [0.2, 0.25) is 0 Å². The molecule has 3 rings (SSSR count). The highest BCUT2D eigenvalue weighted by molar-refractivity contribution is 9.10. The number of carbonyl (C=O) groups is 2. The van der Waals surface area contributed by atoms with Crippen LogP contribution in [0.1, 0.15) is 27.0 Å². The molecule has 154 valence electrons. The molecule has 0 unspecified atom stereocenters. The van der Waals surface area contributed by atoms with Crippen molar-refractivity contribution in [3.05, 3.63) is 93.5 Å². The lowest BCUT2D eigenvalue weighted by atomic mass is 10.1. The summed E-state index contributed by atoms with van der Waals surface area (Å²) in [6.07, 6.45) is 0. The van der Waals surface area contributed by atoms with Gasteiger partial charge in [-0.1, -0.05) is 58.4 Å². The van der Waals surface area contributed by atoms with E-state index >= 15 is 0 Å². The molecule has 1 N–H and O–H groups in total. The van der Waals surface area contributed by atoms with E-state index in [2.05, 4.69) is 21.2 Å². The number of nitrogens with one attached hydrogen (secondary N) is 1. The van der Waals surface area contributed by atoms with Crippen molar-refractivity contribution >= 4 is 33.5 Å². The molecular weight excluding hydrogens is 446 g/mol. The van der Waals surface area contributed by atoms with Gasteiger partial charge in [-0.15, -0.1) is 0 Å². The summed E-state index contributed by atoms with van der Waals surface area (Å²) in [7, 11) is 0. The summed E-state index contributed by atoms with van der Waals surface area (Å²) >= 11 is 3.43. The highest BCUT2D eigenvalue weighted by atomic mass is 79.9. The number of esters is 1. The third-order valence-corrected chi connectivity index (χ3v) is 4.96. The second-order valence-electron chi connectivity index (χ2n) is 6.81. The second kappa shape index (κ2) is 10.1. The van der Waals surface area contributed by atoms with E-state index in [4.69, 9.17) is 9.47 Å². The molecule has 0 aromatic heterocycles. The highest BCUT2D eigenvalue weighted by Gasteiger charge is 2.16. The van der Waals surface area contributed by atoms with Crippen LogP contribution in [0.5, 0.6) is 5.75 Å². The van der Waals surface area contributed by atoms with Gasteiger partial charge in [0.1, 0.15) is 17.9 Å². The number of ether oxygens (including phenoxy) is 2. The molecule has 5 nitrogen and oxygen atoms in total. The van der Waals surface area contributed by atoms with Crippen molar-refractivity contribution in [2.24, 2.45) is 0 Å². The average molecular weight is 468 g/mol. The molecule has 0 radical (unpaired) electrons. The standard InChI is InChI=1S/C24H22BrNO4/c1-16-7-5-8-17(2)23(16)26-22(27)15-30-24(28)20-11-3-4-12-21(20)29-14-18-9-6-10-19(25)13-18/h3-13H,14-15H2,1-2H3,(H,26,27). The maximum absolute atomic E-state index is 12.5. The van der Waals surface area contributed by atoms with E-state index in [1.807, 2.05) is 56.3 Å². The first-order chi connectivity index (χ1) is 14.4. The molecule has 0 spiro atoms. The van der Waals surface area contributed by atoms with Crippen molar-refractivity contribution in [2.75, 3.05) is 11.9 Å². The summed E-state index contributed by atoms with van der Waals surface area (Å²) in [4.78, 5) is 24.8. The summed E-state index contributed by atoms with van der Waals surface area (Å²) in [6.45, 7) is 3.74. The zero-order valence-electron chi connectivity index (χ0n) is 16.8. The molecule has 3 aromatic carbocycles. The molecule has 6 heteroatoms. The van der Waals surface area contributed by atoms with E-state index < -0.39 is 11.9 Å². The largest absolute Gasteiger partial charge is 0.488 e. The van der Waals surface area contributed by atoms with Crippen molar-refractivity contribution in [3.8, 4) is 5.75 Å². The van der Waals surface area contributed by atoms with Crippen LogP contribution in [0, 0.1) is 13.8 Å². The van der Waals surface area contributed by atoms with Gasteiger partial charge in [0.2, 0.25) is 0 Å². The summed E-state index contributed by atoms with van der Waals surface area (Å²) < 4.78 is 12.0. The lowest BCUT2D eigenvalue weighted by Crippen LogP contribution is -2.22. The lowest BCUT2D eigenvalue weighted by molar-refractivity contribution is -0.119. The first-order valence-electron chi connectivity index (χ1n) is 9.43. The maximum Gasteiger partial charge on any atom is 0.342 e. The Kier molecular flexibility index (Phi) is 7.25. The number of hydrogen-bond donors (Lipinski definition) is 1. The van der Waals surface area contributed by atoms with Crippen LogP contribution in [0.15, 0.2) is 71.2 Å². The molecular formula is C24H22BrNO4. The fraction of sp³-hybridized carbons (Fsp3) is 0.167. The Balaban J connectivity index is 1.61. The van der Waals surface area contributed by atoms with E-state index in [1.165, 1.54) is 0 Å². The van der Waals surface area contributed by atoms with Gasteiger partial charge in [-0.2, -0.15) is 0 Å². The number of benzene rings is 3. The number of carbonyl (C=O) groups excluding carboxylic acids is 2. The summed E-state index contributed by atoms with van der Waals surface area (Å²) in [5, 5.41) is 2.80. The normalized spacial score (nSPS) is 10.4. The third-order valence-electron chi connectivity index (χ3n) is 4.47. The summed E-state index contributed by atoms with van der Waals surface area (Å²) in [6, 6.07) is 20.3. The van der Waals surface area contributed by atoms with E-state index in [0.717, 1.165) is 26.9 Å². The van der Waals surface area contributed by atoms with Crippen molar-refractivity contribution in [1.82, 2.24) is 0 Å². The Hall–Kier alpha value is -3.12. The van der Waals surface area contributed by atoms with Gasteiger partial charge < -0.3 is 14.8 Å². The summed E-state index contributed by atoms with van der Waals surface area (Å²) in [5.74, 6) is -0.609. The minimum absolute atomic E-state index is 0.271. The molecule has 0 aliphatic rings.